The van der Waals surface area contributed by atoms with Crippen molar-refractivity contribution in [2.75, 3.05) is 0 Å². The number of hydrogen-bond donors (Lipinski definition) is 1. The van der Waals surface area contributed by atoms with Gasteiger partial charge in [0.2, 0.25) is 0 Å². The van der Waals surface area contributed by atoms with Crippen LogP contribution in [0.15, 0.2) is 30.6 Å². The van der Waals surface area contributed by atoms with Crippen LogP contribution in [0.5, 0.6) is 0 Å². The first kappa shape index (κ1) is 10.5. The van der Waals surface area contributed by atoms with Crippen molar-refractivity contribution in [2.24, 2.45) is 5.73 Å². The van der Waals surface area contributed by atoms with Crippen LogP contribution in [-0.2, 0) is 6.54 Å². The minimum absolute atomic E-state index is 0.471. The Morgan fingerprint density at radius 1 is 1.33 bits per heavy atom. The molecule has 0 aliphatic rings. The highest BCUT2D eigenvalue weighted by Crippen LogP contribution is 2.22. The summed E-state index contributed by atoms with van der Waals surface area (Å²) in [5.74, 6) is 0. The monoisotopic (exact) mass is 241 g/mol. The Hall–Kier alpha value is -1.03. The number of aromatic nitrogens is 2. The van der Waals surface area contributed by atoms with Gasteiger partial charge >= 0.3 is 0 Å². The summed E-state index contributed by atoms with van der Waals surface area (Å²) in [7, 11) is 0. The maximum absolute atomic E-state index is 6.05. The molecule has 78 valence electrons. The molecule has 0 saturated heterocycles. The van der Waals surface area contributed by atoms with Crippen LogP contribution in [0.2, 0.25) is 10.0 Å². The summed E-state index contributed by atoms with van der Waals surface area (Å²) in [6.07, 6.45) is 3.26. The van der Waals surface area contributed by atoms with E-state index in [4.69, 9.17) is 28.9 Å². The average Bonchev–Trinajstić information content (AvgIpc) is 2.65. The molecular formula is C10H9Cl2N3. The Kier molecular flexibility index (Phi) is 2.95. The molecule has 0 amide bonds. The van der Waals surface area contributed by atoms with Crippen LogP contribution in [-0.4, -0.2) is 9.78 Å². The fraction of sp³-hybridized carbons (Fsp3) is 0.100. The van der Waals surface area contributed by atoms with Gasteiger partial charge in [0.05, 0.1) is 21.9 Å². The topological polar surface area (TPSA) is 43.8 Å². The summed E-state index contributed by atoms with van der Waals surface area (Å²) in [6, 6.07) is 5.58. The summed E-state index contributed by atoms with van der Waals surface area (Å²) in [5, 5.41) is 5.27. The fourth-order valence-electron chi connectivity index (χ4n) is 1.29. The van der Waals surface area contributed by atoms with Crippen LogP contribution in [0.25, 0.3) is 5.69 Å². The zero-order valence-electron chi connectivity index (χ0n) is 7.82. The van der Waals surface area contributed by atoms with Crippen LogP contribution < -0.4 is 5.73 Å². The lowest BCUT2D eigenvalue weighted by Crippen LogP contribution is -2.00. The lowest BCUT2D eigenvalue weighted by molar-refractivity contribution is 0.876. The Morgan fingerprint density at radius 2 is 2.13 bits per heavy atom. The molecule has 0 unspecified atom stereocenters. The van der Waals surface area contributed by atoms with Gasteiger partial charge < -0.3 is 5.73 Å². The van der Waals surface area contributed by atoms with Crippen molar-refractivity contribution in [1.29, 1.82) is 0 Å². The van der Waals surface area contributed by atoms with Gasteiger partial charge in [0.15, 0.2) is 0 Å². The Balaban J connectivity index is 2.51. The molecule has 0 bridgehead atoms. The van der Waals surface area contributed by atoms with E-state index in [1.54, 1.807) is 23.1 Å². The van der Waals surface area contributed by atoms with Gasteiger partial charge in [-0.1, -0.05) is 29.3 Å². The first-order valence-corrected chi connectivity index (χ1v) is 5.15. The second-order valence-electron chi connectivity index (χ2n) is 3.09. The zero-order valence-corrected chi connectivity index (χ0v) is 9.33. The molecule has 0 radical (unpaired) electrons. The van der Waals surface area contributed by atoms with Crippen LogP contribution in [0, 0.1) is 0 Å². The van der Waals surface area contributed by atoms with Gasteiger partial charge in [-0.15, -0.1) is 0 Å². The maximum atomic E-state index is 6.05. The molecule has 0 spiro atoms. The third-order valence-corrected chi connectivity index (χ3v) is 2.56. The molecule has 0 aliphatic carbocycles. The third-order valence-electron chi connectivity index (χ3n) is 2.04. The summed E-state index contributed by atoms with van der Waals surface area (Å²) >= 11 is 11.8. The molecule has 0 aliphatic heterocycles. The lowest BCUT2D eigenvalue weighted by atomic mass is 10.2. The second kappa shape index (κ2) is 4.23. The molecule has 1 aromatic carbocycles. The average molecular weight is 242 g/mol. The number of benzene rings is 1. The highest BCUT2D eigenvalue weighted by Gasteiger charge is 2.05. The molecule has 0 saturated carbocycles. The van der Waals surface area contributed by atoms with E-state index >= 15 is 0 Å². The van der Waals surface area contributed by atoms with E-state index in [9.17, 15) is 0 Å². The molecule has 2 rings (SSSR count). The van der Waals surface area contributed by atoms with Crippen LogP contribution in [0.1, 0.15) is 5.56 Å². The molecule has 2 aromatic rings. The molecule has 0 atom stereocenters. The molecule has 2 N–H and O–H groups in total. The molecule has 15 heavy (non-hydrogen) atoms. The maximum Gasteiger partial charge on any atom is 0.0835 e. The number of rotatable bonds is 2. The van der Waals surface area contributed by atoms with Crippen molar-refractivity contribution in [1.82, 2.24) is 9.78 Å². The largest absolute Gasteiger partial charge is 0.326 e. The molecule has 1 heterocycles. The van der Waals surface area contributed by atoms with E-state index in [0.29, 0.717) is 16.6 Å². The van der Waals surface area contributed by atoms with E-state index in [1.165, 1.54) is 0 Å². The quantitative estimate of drug-likeness (QED) is 0.879. The van der Waals surface area contributed by atoms with Crippen molar-refractivity contribution >= 4 is 23.2 Å². The summed E-state index contributed by atoms with van der Waals surface area (Å²) < 4.78 is 1.63. The highest BCUT2D eigenvalue weighted by molar-refractivity contribution is 6.32. The molecular weight excluding hydrogens is 233 g/mol. The van der Waals surface area contributed by atoms with Gasteiger partial charge in [-0.3, -0.25) is 0 Å². The van der Waals surface area contributed by atoms with Gasteiger partial charge in [-0.25, -0.2) is 4.68 Å². The second-order valence-corrected chi connectivity index (χ2v) is 3.94. The summed E-state index contributed by atoms with van der Waals surface area (Å²) in [6.45, 7) is 0.471. The van der Waals surface area contributed by atoms with E-state index in [-0.39, 0.29) is 0 Å². The Morgan fingerprint density at radius 3 is 2.73 bits per heavy atom. The van der Waals surface area contributed by atoms with Crippen molar-refractivity contribution in [3.8, 4) is 5.69 Å². The minimum Gasteiger partial charge on any atom is -0.326 e. The van der Waals surface area contributed by atoms with Crippen molar-refractivity contribution in [2.45, 2.75) is 6.54 Å². The van der Waals surface area contributed by atoms with Crippen molar-refractivity contribution in [3.63, 3.8) is 0 Å². The van der Waals surface area contributed by atoms with Gasteiger partial charge in [-0.2, -0.15) is 5.10 Å². The van der Waals surface area contributed by atoms with Crippen molar-refractivity contribution < 1.29 is 0 Å². The lowest BCUT2D eigenvalue weighted by Gasteiger charge is -2.06. The van der Waals surface area contributed by atoms with Gasteiger partial charge in [0.1, 0.15) is 0 Å². The van der Waals surface area contributed by atoms with E-state index < -0.39 is 0 Å². The molecule has 5 heteroatoms. The fourth-order valence-corrected chi connectivity index (χ4v) is 1.63. The zero-order chi connectivity index (χ0) is 10.8. The molecule has 0 fully saturated rings. The number of nitrogens with two attached hydrogens (primary N) is 1. The van der Waals surface area contributed by atoms with Crippen LogP contribution >= 0.6 is 23.2 Å². The van der Waals surface area contributed by atoms with E-state index in [2.05, 4.69) is 5.10 Å². The van der Waals surface area contributed by atoms with E-state index in [0.717, 1.165) is 11.3 Å². The predicted molar refractivity (Wildman–Crippen MR) is 61.5 cm³/mol. The smallest absolute Gasteiger partial charge is 0.0835 e. The number of hydrogen-bond acceptors (Lipinski definition) is 2. The summed E-state index contributed by atoms with van der Waals surface area (Å²) in [5.41, 5.74) is 7.34. The Bertz CT molecular complexity index is 479. The van der Waals surface area contributed by atoms with Crippen LogP contribution in [0.3, 0.4) is 0 Å². The van der Waals surface area contributed by atoms with Gasteiger partial charge in [0, 0.05) is 12.7 Å². The SMILES string of the molecule is NCc1ccc(Cl)c(-n2cc(Cl)cn2)c1. The highest BCUT2D eigenvalue weighted by atomic mass is 35.5. The first-order chi connectivity index (χ1) is 7.20. The number of nitrogens with zero attached hydrogens (tertiary/aromatic N) is 2. The van der Waals surface area contributed by atoms with Gasteiger partial charge in [-0.05, 0) is 17.7 Å². The minimum atomic E-state index is 0.471. The predicted octanol–water partition coefficient (Wildman–Crippen LogP) is 2.64. The summed E-state index contributed by atoms with van der Waals surface area (Å²) in [4.78, 5) is 0. The number of halogens is 2. The van der Waals surface area contributed by atoms with Crippen molar-refractivity contribution in [3.05, 3.63) is 46.2 Å². The standard InChI is InChI=1S/C10H9Cl2N3/c11-8-5-14-15(6-8)10-3-7(4-13)1-2-9(10)12/h1-3,5-6H,4,13H2. The third kappa shape index (κ3) is 2.15. The molecule has 1 aromatic heterocycles. The Labute approximate surface area is 97.4 Å². The first-order valence-electron chi connectivity index (χ1n) is 4.40. The normalized spacial score (nSPS) is 10.6. The van der Waals surface area contributed by atoms with E-state index in [1.807, 2.05) is 12.1 Å². The van der Waals surface area contributed by atoms with Gasteiger partial charge in [0.25, 0.3) is 0 Å². The molecule has 3 nitrogen and oxygen atoms in total. The van der Waals surface area contributed by atoms with Crippen LogP contribution in [0.4, 0.5) is 0 Å².